The Morgan fingerprint density at radius 2 is 2.08 bits per heavy atom. The lowest BCUT2D eigenvalue weighted by molar-refractivity contribution is 0.0962. The highest BCUT2D eigenvalue weighted by Gasteiger charge is 2.19. The van der Waals surface area contributed by atoms with Crippen molar-refractivity contribution in [3.05, 3.63) is 30.2 Å². The van der Waals surface area contributed by atoms with Crippen molar-refractivity contribution < 1.29 is 13.9 Å². The molecule has 0 aliphatic carbocycles. The molecular weight excluding hydrogens is 340 g/mol. The van der Waals surface area contributed by atoms with E-state index in [9.17, 15) is 4.79 Å². The third-order valence-electron chi connectivity index (χ3n) is 4.15. The van der Waals surface area contributed by atoms with Gasteiger partial charge < -0.3 is 24.3 Å². The molecule has 1 aliphatic heterocycles. The lowest BCUT2D eigenvalue weighted by atomic mass is 10.2. The highest BCUT2D eigenvalue weighted by atomic mass is 32.2. The van der Waals surface area contributed by atoms with E-state index in [1.165, 1.54) is 18.0 Å². The van der Waals surface area contributed by atoms with Crippen LogP contribution in [-0.4, -0.2) is 63.2 Å². The fourth-order valence-corrected chi connectivity index (χ4v) is 3.41. The molecule has 2 aromatic rings. The number of aromatic nitrogens is 1. The summed E-state index contributed by atoms with van der Waals surface area (Å²) in [6.45, 7) is 3.95. The summed E-state index contributed by atoms with van der Waals surface area (Å²) in [7, 11) is 5.38. The Balaban J connectivity index is 1.75. The van der Waals surface area contributed by atoms with Crippen LogP contribution in [0, 0.1) is 0 Å². The number of methoxy groups -OCH3 is 1. The Morgan fingerprint density at radius 3 is 2.76 bits per heavy atom. The average molecular weight is 362 g/mol. The molecule has 0 saturated carbocycles. The second-order valence-corrected chi connectivity index (χ2v) is 6.85. The number of anilines is 1. The van der Waals surface area contributed by atoms with Crippen LogP contribution in [0.4, 0.5) is 5.69 Å². The van der Waals surface area contributed by atoms with Crippen molar-refractivity contribution in [1.29, 1.82) is 0 Å². The van der Waals surface area contributed by atoms with Crippen LogP contribution in [0.15, 0.2) is 39.1 Å². The molecule has 0 unspecified atom stereocenters. The highest BCUT2D eigenvalue weighted by molar-refractivity contribution is 7.99. The van der Waals surface area contributed by atoms with E-state index in [0.717, 1.165) is 42.6 Å². The van der Waals surface area contributed by atoms with Gasteiger partial charge in [0.1, 0.15) is 17.0 Å². The first-order valence-corrected chi connectivity index (χ1v) is 8.88. The third kappa shape index (κ3) is 4.08. The number of rotatable bonds is 5. The quantitative estimate of drug-likeness (QED) is 0.872. The first-order chi connectivity index (χ1) is 12.1. The summed E-state index contributed by atoms with van der Waals surface area (Å²) in [5.41, 5.74) is 1.50. The van der Waals surface area contributed by atoms with Gasteiger partial charge in [-0.25, -0.2) is 4.98 Å². The number of nitrogens with zero attached hydrogens (tertiary/aromatic N) is 3. The van der Waals surface area contributed by atoms with Crippen LogP contribution in [0.2, 0.25) is 0 Å². The topological polar surface area (TPSA) is 70.8 Å². The molecule has 0 aromatic carbocycles. The van der Waals surface area contributed by atoms with E-state index in [1.54, 1.807) is 20.2 Å². The number of nitrogens with one attached hydrogen (secondary N) is 1. The van der Waals surface area contributed by atoms with Crippen LogP contribution in [0.1, 0.15) is 10.4 Å². The van der Waals surface area contributed by atoms with Crippen LogP contribution >= 0.6 is 11.8 Å². The standard InChI is InChI=1S/C17H22N4O3S/c1-18-17(22)12-8-16(24-11-12)25-15-9-14(23-3)13(10-19-15)21-6-4-20(2)5-7-21/h8-11H,4-7H2,1-3H3,(H,18,22). The van der Waals surface area contributed by atoms with Crippen LogP contribution in [0.3, 0.4) is 0 Å². The maximum atomic E-state index is 11.6. The maximum absolute atomic E-state index is 11.6. The normalized spacial score (nSPS) is 15.2. The van der Waals surface area contributed by atoms with Gasteiger partial charge >= 0.3 is 0 Å². The molecule has 2 aromatic heterocycles. The van der Waals surface area contributed by atoms with Crippen molar-refractivity contribution in [3.8, 4) is 5.75 Å². The maximum Gasteiger partial charge on any atom is 0.254 e. The van der Waals surface area contributed by atoms with Gasteiger partial charge in [0.2, 0.25) is 0 Å². The van der Waals surface area contributed by atoms with Crippen LogP contribution in [0.5, 0.6) is 5.75 Å². The lowest BCUT2D eigenvalue weighted by Gasteiger charge is -2.34. The summed E-state index contributed by atoms with van der Waals surface area (Å²) in [6, 6.07) is 3.60. The number of carbonyl (C=O) groups is 1. The van der Waals surface area contributed by atoms with Gasteiger partial charge in [0, 0.05) is 45.4 Å². The van der Waals surface area contributed by atoms with Gasteiger partial charge in [-0.1, -0.05) is 0 Å². The summed E-state index contributed by atoms with van der Waals surface area (Å²) in [6.07, 6.45) is 3.28. The lowest BCUT2D eigenvalue weighted by Crippen LogP contribution is -2.44. The monoisotopic (exact) mass is 362 g/mol. The molecule has 25 heavy (non-hydrogen) atoms. The molecule has 1 saturated heterocycles. The van der Waals surface area contributed by atoms with E-state index in [0.29, 0.717) is 10.7 Å². The van der Waals surface area contributed by atoms with Crippen LogP contribution < -0.4 is 15.0 Å². The number of furan rings is 1. The van der Waals surface area contributed by atoms with E-state index >= 15 is 0 Å². The Morgan fingerprint density at radius 1 is 1.32 bits per heavy atom. The summed E-state index contributed by atoms with van der Waals surface area (Å²) in [5, 5.41) is 3.94. The summed E-state index contributed by atoms with van der Waals surface area (Å²) >= 11 is 1.36. The molecule has 8 heteroatoms. The molecule has 1 N–H and O–H groups in total. The molecule has 7 nitrogen and oxygen atoms in total. The number of pyridine rings is 1. The van der Waals surface area contributed by atoms with Crippen molar-refractivity contribution in [1.82, 2.24) is 15.2 Å². The van der Waals surface area contributed by atoms with Gasteiger partial charge in [0.15, 0.2) is 5.09 Å². The molecular formula is C17H22N4O3S. The molecule has 0 radical (unpaired) electrons. The predicted octanol–water partition coefficient (Wildman–Crippen LogP) is 1.95. The number of hydrogen-bond acceptors (Lipinski definition) is 7. The minimum atomic E-state index is -0.174. The Hall–Kier alpha value is -2.19. The molecule has 1 fully saturated rings. The highest BCUT2D eigenvalue weighted by Crippen LogP contribution is 2.35. The first kappa shape index (κ1) is 17.6. The van der Waals surface area contributed by atoms with Gasteiger partial charge in [0.05, 0.1) is 24.6 Å². The minimum Gasteiger partial charge on any atom is -0.494 e. The van der Waals surface area contributed by atoms with E-state index in [2.05, 4.69) is 27.1 Å². The number of piperazine rings is 1. The van der Waals surface area contributed by atoms with Crippen molar-refractivity contribution in [2.45, 2.75) is 10.1 Å². The Labute approximate surface area is 151 Å². The molecule has 0 atom stereocenters. The second kappa shape index (κ2) is 7.79. The van der Waals surface area contributed by atoms with E-state index in [-0.39, 0.29) is 5.91 Å². The summed E-state index contributed by atoms with van der Waals surface area (Å²) < 4.78 is 11.0. The number of ether oxygens (including phenoxy) is 1. The number of hydrogen-bond donors (Lipinski definition) is 1. The fourth-order valence-electron chi connectivity index (χ4n) is 2.65. The zero-order chi connectivity index (χ0) is 17.8. The summed E-state index contributed by atoms with van der Waals surface area (Å²) in [4.78, 5) is 20.7. The zero-order valence-corrected chi connectivity index (χ0v) is 15.4. The minimum absolute atomic E-state index is 0.174. The van der Waals surface area contributed by atoms with Gasteiger partial charge in [-0.15, -0.1) is 0 Å². The van der Waals surface area contributed by atoms with Crippen molar-refractivity contribution >= 4 is 23.4 Å². The second-order valence-electron chi connectivity index (χ2n) is 5.82. The molecule has 134 valence electrons. The van der Waals surface area contributed by atoms with Crippen LogP contribution in [-0.2, 0) is 0 Å². The number of likely N-dealkylation sites (N-methyl/N-ethyl adjacent to an activating group) is 1. The van der Waals surface area contributed by atoms with Crippen molar-refractivity contribution in [2.24, 2.45) is 0 Å². The average Bonchev–Trinajstić information content (AvgIpc) is 3.10. The fraction of sp³-hybridized carbons (Fsp3) is 0.412. The smallest absolute Gasteiger partial charge is 0.254 e. The predicted molar refractivity (Wildman–Crippen MR) is 96.7 cm³/mol. The van der Waals surface area contributed by atoms with E-state index < -0.39 is 0 Å². The van der Waals surface area contributed by atoms with Gasteiger partial charge in [-0.2, -0.15) is 0 Å². The van der Waals surface area contributed by atoms with Crippen molar-refractivity contribution in [3.63, 3.8) is 0 Å². The SMILES string of the molecule is CNC(=O)c1coc(Sc2cc(OC)c(N3CCN(C)CC3)cn2)c1. The van der Waals surface area contributed by atoms with E-state index in [4.69, 9.17) is 9.15 Å². The largest absolute Gasteiger partial charge is 0.494 e. The van der Waals surface area contributed by atoms with E-state index in [1.807, 2.05) is 12.3 Å². The van der Waals surface area contributed by atoms with Gasteiger partial charge in [0.25, 0.3) is 5.91 Å². The number of carbonyl (C=O) groups excluding carboxylic acids is 1. The third-order valence-corrected chi connectivity index (χ3v) is 5.00. The molecule has 1 amide bonds. The first-order valence-electron chi connectivity index (χ1n) is 8.06. The van der Waals surface area contributed by atoms with Crippen molar-refractivity contribution in [2.75, 3.05) is 52.3 Å². The molecule has 3 heterocycles. The Kier molecular flexibility index (Phi) is 5.50. The van der Waals surface area contributed by atoms with Crippen LogP contribution in [0.25, 0.3) is 0 Å². The molecule has 3 rings (SSSR count). The molecule has 0 bridgehead atoms. The molecule has 0 spiro atoms. The van der Waals surface area contributed by atoms with Gasteiger partial charge in [-0.3, -0.25) is 4.79 Å². The number of amides is 1. The van der Waals surface area contributed by atoms with Gasteiger partial charge in [-0.05, 0) is 18.8 Å². The molecule has 1 aliphatic rings. The Bertz CT molecular complexity index is 741. The summed E-state index contributed by atoms with van der Waals surface area (Å²) in [5.74, 6) is 0.617. The zero-order valence-electron chi connectivity index (χ0n) is 14.6.